The van der Waals surface area contributed by atoms with E-state index < -0.39 is 5.97 Å². The monoisotopic (exact) mass is 558 g/mol. The highest BCUT2D eigenvalue weighted by Gasteiger charge is 2.29. The summed E-state index contributed by atoms with van der Waals surface area (Å²) in [6.45, 7) is 2.37. The Morgan fingerprint density at radius 3 is 2.50 bits per heavy atom. The molecule has 0 saturated heterocycles. The van der Waals surface area contributed by atoms with Gasteiger partial charge in [0.25, 0.3) is 0 Å². The first-order chi connectivity index (χ1) is 20.6. The predicted octanol–water partition coefficient (Wildman–Crippen LogP) is 7.90. The van der Waals surface area contributed by atoms with Gasteiger partial charge in [-0.1, -0.05) is 60.7 Å². The van der Waals surface area contributed by atoms with Crippen molar-refractivity contribution < 1.29 is 33.0 Å². The number of allylic oxidation sites excluding steroid dienone is 3. The molecule has 42 heavy (non-hydrogen) atoms. The lowest BCUT2D eigenvalue weighted by molar-refractivity contribution is 0.0736. The molecule has 0 fully saturated rings. The van der Waals surface area contributed by atoms with E-state index in [9.17, 15) is 9.59 Å². The van der Waals surface area contributed by atoms with Crippen LogP contribution in [-0.2, 0) is 0 Å². The van der Waals surface area contributed by atoms with Gasteiger partial charge in [-0.3, -0.25) is 4.79 Å². The van der Waals surface area contributed by atoms with Crippen molar-refractivity contribution >= 4 is 28.8 Å². The number of hydrogen-bond donors (Lipinski definition) is 0. The molecule has 0 spiro atoms. The topological polar surface area (TPSA) is 84.2 Å². The minimum atomic E-state index is -0.610. The van der Waals surface area contributed by atoms with Crippen molar-refractivity contribution in [3.63, 3.8) is 0 Å². The van der Waals surface area contributed by atoms with Crippen molar-refractivity contribution in [2.45, 2.75) is 6.92 Å². The average molecular weight is 559 g/mol. The molecule has 1 aliphatic rings. The Kier molecular flexibility index (Phi) is 7.30. The third-order valence-electron chi connectivity index (χ3n) is 6.72. The van der Waals surface area contributed by atoms with Crippen molar-refractivity contribution in [2.75, 3.05) is 13.7 Å². The molecule has 4 aromatic carbocycles. The van der Waals surface area contributed by atoms with Crippen molar-refractivity contribution in [1.29, 1.82) is 0 Å². The lowest BCUT2D eigenvalue weighted by Crippen LogP contribution is -2.09. The van der Waals surface area contributed by atoms with Gasteiger partial charge in [-0.05, 0) is 49.4 Å². The summed E-state index contributed by atoms with van der Waals surface area (Å²) < 4.78 is 28.8. The SMILES string of the molecule is CCOc1ccc2oc(-c3ccccc3)c(C(=O)Oc3ccc4c(c3)OC(=CC=Cc3ccccc3OC)C4=O)c2c1. The van der Waals surface area contributed by atoms with Crippen LogP contribution < -0.4 is 18.9 Å². The zero-order valence-electron chi connectivity index (χ0n) is 23.0. The van der Waals surface area contributed by atoms with Gasteiger partial charge in [0.15, 0.2) is 5.76 Å². The van der Waals surface area contributed by atoms with E-state index >= 15 is 0 Å². The van der Waals surface area contributed by atoms with Gasteiger partial charge >= 0.3 is 5.97 Å². The normalized spacial score (nSPS) is 13.4. The summed E-state index contributed by atoms with van der Waals surface area (Å²) in [5.74, 6) is 1.55. The second-order valence-electron chi connectivity index (χ2n) is 9.37. The third-order valence-corrected chi connectivity index (χ3v) is 6.72. The molecule has 208 valence electrons. The van der Waals surface area contributed by atoms with Crippen LogP contribution in [0.25, 0.3) is 28.4 Å². The molecule has 6 rings (SSSR count). The number of methoxy groups -OCH3 is 1. The lowest BCUT2D eigenvalue weighted by Gasteiger charge is -2.07. The number of carbonyl (C=O) groups excluding carboxylic acids is 2. The van der Waals surface area contributed by atoms with Gasteiger partial charge in [-0.15, -0.1) is 0 Å². The number of ether oxygens (including phenoxy) is 4. The molecule has 5 aromatic rings. The molecule has 0 saturated carbocycles. The van der Waals surface area contributed by atoms with Crippen molar-refractivity contribution in [3.05, 3.63) is 126 Å². The maximum absolute atomic E-state index is 13.6. The van der Waals surface area contributed by atoms with Gasteiger partial charge in [0.2, 0.25) is 5.78 Å². The molecule has 0 radical (unpaired) electrons. The van der Waals surface area contributed by atoms with Crippen molar-refractivity contribution in [2.24, 2.45) is 0 Å². The van der Waals surface area contributed by atoms with Crippen molar-refractivity contribution in [1.82, 2.24) is 0 Å². The Labute approximate surface area is 242 Å². The maximum Gasteiger partial charge on any atom is 0.348 e. The van der Waals surface area contributed by atoms with Crippen LogP contribution in [0.1, 0.15) is 33.2 Å². The summed E-state index contributed by atoms with van der Waals surface area (Å²) in [7, 11) is 1.60. The zero-order valence-corrected chi connectivity index (χ0v) is 23.0. The summed E-state index contributed by atoms with van der Waals surface area (Å²) >= 11 is 0. The largest absolute Gasteiger partial charge is 0.496 e. The van der Waals surface area contributed by atoms with Gasteiger partial charge < -0.3 is 23.4 Å². The van der Waals surface area contributed by atoms with E-state index in [1.54, 1.807) is 49.6 Å². The summed E-state index contributed by atoms with van der Waals surface area (Å²) in [4.78, 5) is 26.6. The summed E-state index contributed by atoms with van der Waals surface area (Å²) in [5, 5.41) is 0.574. The number of esters is 1. The quantitative estimate of drug-likeness (QED) is 0.109. The number of benzene rings is 4. The lowest BCUT2D eigenvalue weighted by atomic mass is 10.1. The van der Waals surface area contributed by atoms with Crippen LogP contribution in [0.15, 0.2) is 113 Å². The van der Waals surface area contributed by atoms with Gasteiger partial charge in [0.05, 0.1) is 19.3 Å². The minimum Gasteiger partial charge on any atom is -0.496 e. The van der Waals surface area contributed by atoms with E-state index in [4.69, 9.17) is 23.4 Å². The second kappa shape index (κ2) is 11.5. The van der Waals surface area contributed by atoms with E-state index in [-0.39, 0.29) is 22.9 Å². The third kappa shape index (κ3) is 5.15. The zero-order chi connectivity index (χ0) is 29.1. The molecule has 0 bridgehead atoms. The number of para-hydroxylation sites is 1. The Morgan fingerprint density at radius 1 is 0.905 bits per heavy atom. The van der Waals surface area contributed by atoms with Gasteiger partial charge in [-0.25, -0.2) is 4.79 Å². The average Bonchev–Trinajstić information content (AvgIpc) is 3.55. The fraction of sp³-hybridized carbons (Fsp3) is 0.0857. The molecule has 0 unspecified atom stereocenters. The molecular weight excluding hydrogens is 532 g/mol. The summed E-state index contributed by atoms with van der Waals surface area (Å²) in [6, 6.07) is 26.9. The Bertz CT molecular complexity index is 1860. The molecular formula is C35H26O7. The molecule has 0 N–H and O–H groups in total. The van der Waals surface area contributed by atoms with Crippen LogP contribution in [0.2, 0.25) is 0 Å². The first-order valence-electron chi connectivity index (χ1n) is 13.4. The van der Waals surface area contributed by atoms with Crippen molar-refractivity contribution in [3.8, 4) is 34.3 Å². The van der Waals surface area contributed by atoms with Crippen LogP contribution in [0.3, 0.4) is 0 Å². The van der Waals surface area contributed by atoms with E-state index in [2.05, 4.69) is 0 Å². The predicted molar refractivity (Wildman–Crippen MR) is 159 cm³/mol. The van der Waals surface area contributed by atoms with E-state index in [1.165, 1.54) is 6.07 Å². The Balaban J connectivity index is 1.28. The number of ketones is 1. The van der Waals surface area contributed by atoms with Crippen LogP contribution in [0, 0.1) is 0 Å². The van der Waals surface area contributed by atoms with Crippen LogP contribution in [0.4, 0.5) is 0 Å². The fourth-order valence-corrected chi connectivity index (χ4v) is 4.78. The molecule has 0 atom stereocenters. The summed E-state index contributed by atoms with van der Waals surface area (Å²) in [6.07, 6.45) is 5.15. The molecule has 7 heteroatoms. The fourth-order valence-electron chi connectivity index (χ4n) is 4.78. The van der Waals surface area contributed by atoms with E-state index in [0.29, 0.717) is 40.4 Å². The summed E-state index contributed by atoms with van der Waals surface area (Å²) in [5.41, 5.74) is 2.79. The smallest absolute Gasteiger partial charge is 0.348 e. The van der Waals surface area contributed by atoms with Crippen LogP contribution in [-0.4, -0.2) is 25.5 Å². The van der Waals surface area contributed by atoms with Gasteiger partial charge in [0, 0.05) is 22.6 Å². The molecule has 0 aliphatic carbocycles. The molecule has 7 nitrogen and oxygen atoms in total. The molecule has 1 aliphatic heterocycles. The Hall–Kier alpha value is -5.56. The van der Waals surface area contributed by atoms with E-state index in [1.807, 2.05) is 67.6 Å². The molecule has 2 heterocycles. The van der Waals surface area contributed by atoms with Crippen LogP contribution >= 0.6 is 0 Å². The standard InChI is InChI=1S/C35H26O7/c1-3-39-24-17-19-29-27(20-24)32(34(42-29)23-11-5-4-6-12-23)35(37)40-25-16-18-26-31(21-25)41-30(33(26)36)15-9-13-22-10-7-8-14-28(22)38-2/h4-21H,3H2,1-2H3. The first kappa shape index (κ1) is 26.7. The Morgan fingerprint density at radius 2 is 1.69 bits per heavy atom. The first-order valence-corrected chi connectivity index (χ1v) is 13.4. The number of hydrogen-bond acceptors (Lipinski definition) is 7. The highest BCUT2D eigenvalue weighted by atomic mass is 16.5. The molecule has 0 amide bonds. The maximum atomic E-state index is 13.6. The van der Waals surface area contributed by atoms with Gasteiger partial charge in [-0.2, -0.15) is 0 Å². The number of carbonyl (C=O) groups is 2. The van der Waals surface area contributed by atoms with E-state index in [0.717, 1.165) is 16.9 Å². The highest BCUT2D eigenvalue weighted by Crippen LogP contribution is 2.38. The van der Waals surface area contributed by atoms with Crippen LogP contribution in [0.5, 0.6) is 23.0 Å². The molecule has 1 aromatic heterocycles. The number of Topliss-reactive ketones (excluding diaryl/α,β-unsaturated/α-hetero) is 1. The number of rotatable bonds is 8. The second-order valence-corrected chi connectivity index (χ2v) is 9.37. The number of fused-ring (bicyclic) bond motifs is 2. The minimum absolute atomic E-state index is 0.162. The highest BCUT2D eigenvalue weighted by molar-refractivity contribution is 6.13. The van der Waals surface area contributed by atoms with Gasteiger partial charge in [0.1, 0.15) is 39.9 Å². The number of furan rings is 1.